The standard InChI is InChI=1S/C21H31N9O.HI/c1-22-21(29-10-11-30(20(31)16-29)18-14-25-27(3)15-18)24-13-17-4-5-23-19(12-17)28-8-6-26(2)7-9-28;/h4-5,12,14-15H,6-11,13,16H2,1-3H3,(H,22,24);1H. The summed E-state index contributed by atoms with van der Waals surface area (Å²) < 4.78 is 1.71. The molecule has 32 heavy (non-hydrogen) atoms. The smallest absolute Gasteiger partial charge is 0.246 e. The molecule has 0 unspecified atom stereocenters. The summed E-state index contributed by atoms with van der Waals surface area (Å²) in [6.07, 6.45) is 5.45. The molecule has 2 fully saturated rings. The second-order valence-corrected chi connectivity index (χ2v) is 8.05. The molecule has 0 spiro atoms. The minimum atomic E-state index is 0. The van der Waals surface area contributed by atoms with Gasteiger partial charge >= 0.3 is 0 Å². The van der Waals surface area contributed by atoms with E-state index in [2.05, 4.69) is 43.3 Å². The zero-order chi connectivity index (χ0) is 21.8. The Hall–Kier alpha value is -2.41. The third-order valence-electron chi connectivity index (χ3n) is 5.82. The van der Waals surface area contributed by atoms with Gasteiger partial charge in [-0.3, -0.25) is 14.5 Å². The summed E-state index contributed by atoms with van der Waals surface area (Å²) in [4.78, 5) is 30.1. The highest BCUT2D eigenvalue weighted by molar-refractivity contribution is 14.0. The number of likely N-dealkylation sites (N-methyl/N-ethyl adjacent to an activating group) is 1. The van der Waals surface area contributed by atoms with Gasteiger partial charge in [-0.15, -0.1) is 24.0 Å². The van der Waals surface area contributed by atoms with Gasteiger partial charge in [0, 0.05) is 72.3 Å². The zero-order valence-electron chi connectivity index (χ0n) is 18.9. The third-order valence-corrected chi connectivity index (χ3v) is 5.82. The molecule has 0 saturated carbocycles. The van der Waals surface area contributed by atoms with E-state index in [1.54, 1.807) is 22.8 Å². The number of nitrogens with one attached hydrogen (secondary N) is 1. The number of amides is 1. The first-order valence-electron chi connectivity index (χ1n) is 10.7. The van der Waals surface area contributed by atoms with Gasteiger partial charge in [0.1, 0.15) is 12.4 Å². The third kappa shape index (κ3) is 5.68. The quantitative estimate of drug-likeness (QED) is 0.338. The molecule has 1 amide bonds. The van der Waals surface area contributed by atoms with Gasteiger partial charge in [-0.25, -0.2) is 4.98 Å². The number of hydrogen-bond donors (Lipinski definition) is 1. The molecule has 0 bridgehead atoms. The molecule has 174 valence electrons. The summed E-state index contributed by atoms with van der Waals surface area (Å²) >= 11 is 0. The second kappa shape index (κ2) is 10.9. The normalized spacial score (nSPS) is 18.0. The van der Waals surface area contributed by atoms with Crippen molar-refractivity contribution < 1.29 is 4.79 Å². The number of aliphatic imine (C=N–C) groups is 1. The molecule has 1 N–H and O–H groups in total. The van der Waals surface area contributed by atoms with Crippen LogP contribution in [0, 0.1) is 0 Å². The number of aromatic nitrogens is 3. The lowest BCUT2D eigenvalue weighted by Crippen LogP contribution is -2.55. The van der Waals surface area contributed by atoms with Gasteiger partial charge in [-0.2, -0.15) is 5.10 Å². The Bertz CT molecular complexity index is 939. The number of hydrogen-bond acceptors (Lipinski definition) is 6. The average molecular weight is 553 g/mol. The predicted octanol–water partition coefficient (Wildman–Crippen LogP) is 0.609. The molecule has 2 saturated heterocycles. The van der Waals surface area contributed by atoms with Crippen molar-refractivity contribution in [2.75, 3.05) is 69.7 Å². The van der Waals surface area contributed by atoms with Crippen molar-refractivity contribution in [3.05, 3.63) is 36.3 Å². The van der Waals surface area contributed by atoms with Crippen molar-refractivity contribution in [2.24, 2.45) is 12.0 Å². The van der Waals surface area contributed by atoms with Crippen LogP contribution in [0.25, 0.3) is 0 Å². The number of pyridine rings is 1. The second-order valence-electron chi connectivity index (χ2n) is 8.05. The lowest BCUT2D eigenvalue weighted by Gasteiger charge is -2.35. The lowest BCUT2D eigenvalue weighted by atomic mass is 10.2. The van der Waals surface area contributed by atoms with Gasteiger partial charge in [0.25, 0.3) is 0 Å². The van der Waals surface area contributed by atoms with Crippen LogP contribution in [0.5, 0.6) is 0 Å². The van der Waals surface area contributed by atoms with Crippen LogP contribution in [-0.4, -0.2) is 96.3 Å². The molecule has 4 heterocycles. The largest absolute Gasteiger partial charge is 0.354 e. The van der Waals surface area contributed by atoms with Gasteiger partial charge in [-0.1, -0.05) is 0 Å². The summed E-state index contributed by atoms with van der Waals surface area (Å²) in [5.74, 6) is 1.79. The first kappa shape index (κ1) is 24.2. The van der Waals surface area contributed by atoms with Crippen molar-refractivity contribution in [1.82, 2.24) is 29.9 Å². The van der Waals surface area contributed by atoms with E-state index >= 15 is 0 Å². The number of carbonyl (C=O) groups is 1. The van der Waals surface area contributed by atoms with Crippen molar-refractivity contribution in [3.8, 4) is 0 Å². The molecular formula is C21H32IN9O. The molecule has 0 aliphatic carbocycles. The number of piperazine rings is 2. The SMILES string of the molecule is CN=C(NCc1ccnc(N2CCN(C)CC2)c1)N1CCN(c2cnn(C)c2)C(=O)C1.I. The maximum Gasteiger partial charge on any atom is 0.246 e. The molecule has 0 atom stereocenters. The van der Waals surface area contributed by atoms with E-state index in [-0.39, 0.29) is 36.4 Å². The summed E-state index contributed by atoms with van der Waals surface area (Å²) in [5, 5.41) is 7.57. The Labute approximate surface area is 206 Å². The molecular weight excluding hydrogens is 521 g/mol. The van der Waals surface area contributed by atoms with Crippen LogP contribution in [0.4, 0.5) is 11.5 Å². The first-order chi connectivity index (χ1) is 15.0. The molecule has 11 heteroatoms. The lowest BCUT2D eigenvalue weighted by molar-refractivity contribution is -0.120. The molecule has 0 aromatic carbocycles. The summed E-state index contributed by atoms with van der Waals surface area (Å²) in [5.41, 5.74) is 1.98. The molecule has 2 aliphatic rings. The van der Waals surface area contributed by atoms with Crippen molar-refractivity contribution in [3.63, 3.8) is 0 Å². The maximum absolute atomic E-state index is 12.7. The minimum absolute atomic E-state index is 0. The highest BCUT2D eigenvalue weighted by Gasteiger charge is 2.27. The minimum Gasteiger partial charge on any atom is -0.354 e. The summed E-state index contributed by atoms with van der Waals surface area (Å²) in [7, 11) is 5.75. The Morgan fingerprint density at radius 3 is 2.59 bits per heavy atom. The van der Waals surface area contributed by atoms with Crippen LogP contribution < -0.4 is 15.1 Å². The number of nitrogens with zero attached hydrogens (tertiary/aromatic N) is 8. The van der Waals surface area contributed by atoms with E-state index < -0.39 is 0 Å². The summed E-state index contributed by atoms with van der Waals surface area (Å²) in [6.45, 7) is 6.32. The van der Waals surface area contributed by atoms with Crippen LogP contribution in [0.2, 0.25) is 0 Å². The van der Waals surface area contributed by atoms with E-state index in [0.29, 0.717) is 19.6 Å². The van der Waals surface area contributed by atoms with E-state index in [9.17, 15) is 4.79 Å². The molecule has 2 aromatic heterocycles. The van der Waals surface area contributed by atoms with E-state index in [1.807, 2.05) is 30.4 Å². The topological polar surface area (TPSA) is 85.1 Å². The van der Waals surface area contributed by atoms with Crippen molar-refractivity contribution in [1.29, 1.82) is 0 Å². The van der Waals surface area contributed by atoms with Gasteiger partial charge in [0.2, 0.25) is 5.91 Å². The maximum atomic E-state index is 12.7. The van der Waals surface area contributed by atoms with Crippen LogP contribution in [0.1, 0.15) is 5.56 Å². The number of rotatable bonds is 4. The number of halogens is 1. The Morgan fingerprint density at radius 2 is 1.94 bits per heavy atom. The van der Waals surface area contributed by atoms with Crippen LogP contribution in [0.3, 0.4) is 0 Å². The van der Waals surface area contributed by atoms with E-state index in [0.717, 1.165) is 49.2 Å². The average Bonchev–Trinajstić information content (AvgIpc) is 3.21. The molecule has 2 aromatic rings. The highest BCUT2D eigenvalue weighted by Crippen LogP contribution is 2.17. The molecule has 10 nitrogen and oxygen atoms in total. The van der Waals surface area contributed by atoms with Crippen molar-refractivity contribution in [2.45, 2.75) is 6.54 Å². The Morgan fingerprint density at radius 1 is 1.16 bits per heavy atom. The van der Waals surface area contributed by atoms with Crippen molar-refractivity contribution >= 4 is 47.3 Å². The highest BCUT2D eigenvalue weighted by atomic mass is 127. The Balaban J connectivity index is 0.00000289. The van der Waals surface area contributed by atoms with Gasteiger partial charge < -0.3 is 24.9 Å². The van der Waals surface area contributed by atoms with E-state index in [1.165, 1.54) is 0 Å². The van der Waals surface area contributed by atoms with E-state index in [4.69, 9.17) is 0 Å². The number of guanidine groups is 1. The Kier molecular flexibility index (Phi) is 8.29. The molecule has 0 radical (unpaired) electrons. The van der Waals surface area contributed by atoms with Crippen LogP contribution in [-0.2, 0) is 18.4 Å². The van der Waals surface area contributed by atoms with Crippen LogP contribution in [0.15, 0.2) is 35.7 Å². The monoisotopic (exact) mass is 553 g/mol. The van der Waals surface area contributed by atoms with Gasteiger partial charge in [-0.05, 0) is 24.7 Å². The molecule has 2 aliphatic heterocycles. The number of carbonyl (C=O) groups excluding carboxylic acids is 1. The number of anilines is 2. The molecule has 4 rings (SSSR count). The van der Waals surface area contributed by atoms with Gasteiger partial charge in [0.15, 0.2) is 5.96 Å². The fourth-order valence-corrected chi connectivity index (χ4v) is 3.97. The van der Waals surface area contributed by atoms with Crippen LogP contribution >= 0.6 is 24.0 Å². The van der Waals surface area contributed by atoms with Gasteiger partial charge in [0.05, 0.1) is 11.9 Å². The first-order valence-corrected chi connectivity index (χ1v) is 10.7. The fourth-order valence-electron chi connectivity index (χ4n) is 3.97. The fraction of sp³-hybridized carbons (Fsp3) is 0.524. The zero-order valence-corrected chi connectivity index (χ0v) is 21.3. The number of aryl methyl sites for hydroxylation is 1. The summed E-state index contributed by atoms with van der Waals surface area (Å²) in [6, 6.07) is 4.16. The predicted molar refractivity (Wildman–Crippen MR) is 137 cm³/mol.